The highest BCUT2D eigenvalue weighted by Crippen LogP contribution is 2.46. The van der Waals surface area contributed by atoms with Gasteiger partial charge in [0.05, 0.1) is 0 Å². The molecule has 24 heavy (non-hydrogen) atoms. The van der Waals surface area contributed by atoms with E-state index < -0.39 is 0 Å². The van der Waals surface area contributed by atoms with Gasteiger partial charge in [0.15, 0.2) is 0 Å². The number of fused-ring (bicyclic) bond motifs is 3. The van der Waals surface area contributed by atoms with Crippen LogP contribution in [0.15, 0.2) is 54.1 Å². The van der Waals surface area contributed by atoms with Crippen molar-refractivity contribution in [3.05, 3.63) is 81.9 Å². The fourth-order valence-electron chi connectivity index (χ4n) is 3.93. The predicted molar refractivity (Wildman–Crippen MR) is 103 cm³/mol. The highest BCUT2D eigenvalue weighted by Gasteiger charge is 2.29. The van der Waals surface area contributed by atoms with Gasteiger partial charge in [-0.3, -0.25) is 4.90 Å². The van der Waals surface area contributed by atoms with Crippen LogP contribution in [0, 0.1) is 0 Å². The molecule has 2 aliphatic rings. The lowest BCUT2D eigenvalue weighted by atomic mass is 9.94. The van der Waals surface area contributed by atoms with Gasteiger partial charge in [0.1, 0.15) is 0 Å². The molecule has 1 nitrogen and oxygen atoms in total. The highest BCUT2D eigenvalue weighted by atomic mass is 15.1. The molecular weight excluding hydrogens is 290 g/mol. The van der Waals surface area contributed by atoms with E-state index in [0.29, 0.717) is 0 Å². The Morgan fingerprint density at radius 1 is 0.875 bits per heavy atom. The van der Waals surface area contributed by atoms with Gasteiger partial charge in [0.2, 0.25) is 0 Å². The van der Waals surface area contributed by atoms with Crippen molar-refractivity contribution in [2.24, 2.45) is 0 Å². The average Bonchev–Trinajstić information content (AvgIpc) is 2.94. The third kappa shape index (κ3) is 2.44. The van der Waals surface area contributed by atoms with Gasteiger partial charge in [-0.15, -0.1) is 0 Å². The number of likely N-dealkylation sites (N-methyl/N-ethyl adjacent to an activating group) is 1. The lowest BCUT2D eigenvalue weighted by Crippen LogP contribution is -2.25. The molecule has 1 aliphatic carbocycles. The fraction of sp³-hybridized carbons (Fsp3) is 0.304. The summed E-state index contributed by atoms with van der Waals surface area (Å²) in [7, 11) is 2.21. The van der Waals surface area contributed by atoms with E-state index in [1.54, 1.807) is 0 Å². The molecule has 0 fully saturated rings. The third-order valence-electron chi connectivity index (χ3n) is 5.36. The van der Waals surface area contributed by atoms with E-state index in [4.69, 9.17) is 0 Å². The number of aryl methyl sites for hydroxylation is 2. The molecule has 0 bridgehead atoms. The lowest BCUT2D eigenvalue weighted by molar-refractivity contribution is 0.401. The normalized spacial score (nSPS) is 16.9. The molecule has 0 N–H and O–H groups in total. The third-order valence-corrected chi connectivity index (χ3v) is 5.36. The Labute approximate surface area is 145 Å². The van der Waals surface area contributed by atoms with E-state index in [9.17, 15) is 0 Å². The van der Waals surface area contributed by atoms with Crippen molar-refractivity contribution in [2.75, 3.05) is 20.1 Å². The Hall–Kier alpha value is -2.12. The summed E-state index contributed by atoms with van der Waals surface area (Å²) in [6, 6.07) is 16.2. The maximum Gasteiger partial charge on any atom is 0.0246 e. The Bertz CT molecular complexity index is 837. The van der Waals surface area contributed by atoms with Gasteiger partial charge in [0.25, 0.3) is 0 Å². The van der Waals surface area contributed by atoms with Crippen LogP contribution >= 0.6 is 0 Å². The molecule has 1 aliphatic heterocycles. The summed E-state index contributed by atoms with van der Waals surface area (Å²) in [5.74, 6) is 0. The van der Waals surface area contributed by atoms with Crippen LogP contribution in [-0.2, 0) is 12.8 Å². The molecule has 0 unspecified atom stereocenters. The van der Waals surface area contributed by atoms with Gasteiger partial charge in [0, 0.05) is 13.1 Å². The van der Waals surface area contributed by atoms with Crippen molar-refractivity contribution in [1.29, 1.82) is 0 Å². The highest BCUT2D eigenvalue weighted by molar-refractivity contribution is 6.05. The van der Waals surface area contributed by atoms with Crippen LogP contribution in [0.25, 0.3) is 11.1 Å². The zero-order valence-corrected chi connectivity index (χ0v) is 14.9. The SMILES string of the molecule is CCc1ccc(C2=C3CN(C)CC=C3c3ccc(CC)cc32)cc1. The summed E-state index contributed by atoms with van der Waals surface area (Å²) in [6.07, 6.45) is 4.58. The van der Waals surface area contributed by atoms with Crippen molar-refractivity contribution >= 4 is 11.1 Å². The Morgan fingerprint density at radius 2 is 1.58 bits per heavy atom. The molecule has 4 rings (SSSR count). The second-order valence-electron chi connectivity index (χ2n) is 6.95. The van der Waals surface area contributed by atoms with Gasteiger partial charge >= 0.3 is 0 Å². The van der Waals surface area contributed by atoms with E-state index in [-0.39, 0.29) is 0 Å². The Kier molecular flexibility index (Phi) is 3.90. The van der Waals surface area contributed by atoms with Crippen molar-refractivity contribution < 1.29 is 0 Å². The van der Waals surface area contributed by atoms with Gasteiger partial charge in [-0.05, 0) is 64.4 Å². The quantitative estimate of drug-likeness (QED) is 0.774. The van der Waals surface area contributed by atoms with E-state index in [1.807, 2.05) is 0 Å². The molecule has 1 heteroatoms. The van der Waals surface area contributed by atoms with Crippen molar-refractivity contribution in [3.8, 4) is 0 Å². The zero-order chi connectivity index (χ0) is 16.7. The topological polar surface area (TPSA) is 3.24 Å². The molecule has 0 radical (unpaired) electrons. The van der Waals surface area contributed by atoms with Crippen LogP contribution < -0.4 is 0 Å². The minimum absolute atomic E-state index is 1.03. The van der Waals surface area contributed by atoms with Crippen LogP contribution in [0.4, 0.5) is 0 Å². The van der Waals surface area contributed by atoms with Crippen LogP contribution in [0.5, 0.6) is 0 Å². The monoisotopic (exact) mass is 315 g/mol. The van der Waals surface area contributed by atoms with Crippen LogP contribution in [0.2, 0.25) is 0 Å². The molecule has 122 valence electrons. The minimum atomic E-state index is 1.03. The summed E-state index contributed by atoms with van der Waals surface area (Å²) in [4.78, 5) is 2.39. The van der Waals surface area contributed by atoms with E-state index >= 15 is 0 Å². The standard InChI is InChI=1S/C23H25N/c1-4-16-6-9-18(10-7-16)23-21-14-17(5-2)8-11-19(21)20-12-13-24(3)15-22(20)23/h6-12,14H,4-5,13,15H2,1-3H3. The van der Waals surface area contributed by atoms with Crippen LogP contribution in [-0.4, -0.2) is 25.0 Å². The largest absolute Gasteiger partial charge is 0.298 e. The van der Waals surface area contributed by atoms with Crippen molar-refractivity contribution in [1.82, 2.24) is 4.90 Å². The molecule has 0 saturated heterocycles. The number of nitrogens with zero attached hydrogens (tertiary/aromatic N) is 1. The first-order chi connectivity index (χ1) is 11.7. The first-order valence-electron chi connectivity index (χ1n) is 9.06. The van der Waals surface area contributed by atoms with Crippen molar-refractivity contribution in [3.63, 3.8) is 0 Å². The Balaban J connectivity index is 1.93. The molecule has 1 heterocycles. The lowest BCUT2D eigenvalue weighted by Gasteiger charge is -2.23. The first kappa shape index (κ1) is 15.4. The second-order valence-corrected chi connectivity index (χ2v) is 6.95. The molecule has 0 spiro atoms. The number of hydrogen-bond donors (Lipinski definition) is 0. The fourth-order valence-corrected chi connectivity index (χ4v) is 3.93. The Morgan fingerprint density at radius 3 is 2.29 bits per heavy atom. The van der Waals surface area contributed by atoms with Crippen LogP contribution in [0.3, 0.4) is 0 Å². The van der Waals surface area contributed by atoms with E-state index in [1.165, 1.54) is 44.5 Å². The predicted octanol–water partition coefficient (Wildman–Crippen LogP) is 4.96. The van der Waals surface area contributed by atoms with E-state index in [2.05, 4.69) is 74.3 Å². The smallest absolute Gasteiger partial charge is 0.0246 e. The summed E-state index contributed by atoms with van der Waals surface area (Å²) in [5.41, 5.74) is 11.4. The summed E-state index contributed by atoms with van der Waals surface area (Å²) < 4.78 is 0. The summed E-state index contributed by atoms with van der Waals surface area (Å²) in [6.45, 7) is 6.52. The van der Waals surface area contributed by atoms with Gasteiger partial charge < -0.3 is 0 Å². The van der Waals surface area contributed by atoms with Crippen molar-refractivity contribution in [2.45, 2.75) is 26.7 Å². The first-order valence-corrected chi connectivity index (χ1v) is 9.06. The van der Waals surface area contributed by atoms with Gasteiger partial charge in [-0.25, -0.2) is 0 Å². The maximum atomic E-state index is 2.41. The van der Waals surface area contributed by atoms with E-state index in [0.717, 1.165) is 25.9 Å². The molecular formula is C23H25N. The molecule has 2 aromatic carbocycles. The number of benzene rings is 2. The van der Waals surface area contributed by atoms with Gasteiger partial charge in [-0.1, -0.05) is 62.4 Å². The van der Waals surface area contributed by atoms with Gasteiger partial charge in [-0.2, -0.15) is 0 Å². The molecule has 0 saturated carbocycles. The summed E-state index contributed by atoms with van der Waals surface area (Å²) in [5, 5.41) is 0. The van der Waals surface area contributed by atoms with Crippen LogP contribution in [0.1, 0.15) is 41.7 Å². The molecule has 0 aromatic heterocycles. The summed E-state index contributed by atoms with van der Waals surface area (Å²) >= 11 is 0. The minimum Gasteiger partial charge on any atom is -0.298 e. The molecule has 0 atom stereocenters. The maximum absolute atomic E-state index is 2.41. The zero-order valence-electron chi connectivity index (χ0n) is 14.9. The molecule has 2 aromatic rings. The average molecular weight is 315 g/mol. The number of hydrogen-bond acceptors (Lipinski definition) is 1. The number of rotatable bonds is 3. The molecule has 0 amide bonds. The second kappa shape index (κ2) is 6.07.